The van der Waals surface area contributed by atoms with Crippen molar-refractivity contribution in [2.45, 2.75) is 32.4 Å². The third-order valence-corrected chi connectivity index (χ3v) is 4.20. The molecule has 1 unspecified atom stereocenters. The second-order valence-electron chi connectivity index (χ2n) is 5.76. The van der Waals surface area contributed by atoms with Crippen LogP contribution < -0.4 is 10.2 Å². The summed E-state index contributed by atoms with van der Waals surface area (Å²) in [5.74, 6) is 0.755. The number of hydrogen-bond acceptors (Lipinski definition) is 4. The lowest BCUT2D eigenvalue weighted by Crippen LogP contribution is -2.37. The van der Waals surface area contributed by atoms with Gasteiger partial charge < -0.3 is 15.0 Å². The van der Waals surface area contributed by atoms with Crippen molar-refractivity contribution in [1.82, 2.24) is 5.32 Å². The third-order valence-electron chi connectivity index (χ3n) is 4.20. The van der Waals surface area contributed by atoms with Gasteiger partial charge in [0.1, 0.15) is 6.07 Å². The average Bonchev–Trinajstić information content (AvgIpc) is 3.33. The van der Waals surface area contributed by atoms with E-state index in [1.54, 1.807) is 7.11 Å². The van der Waals surface area contributed by atoms with Crippen LogP contribution >= 0.6 is 0 Å². The van der Waals surface area contributed by atoms with Gasteiger partial charge in [0.25, 0.3) is 0 Å². The summed E-state index contributed by atoms with van der Waals surface area (Å²) in [7, 11) is 3.64. The summed E-state index contributed by atoms with van der Waals surface area (Å²) in [5, 5.41) is 12.6. The lowest BCUT2D eigenvalue weighted by atomic mass is 10.1. The fraction of sp³-hybridized carbons (Fsp3) is 0.588. The van der Waals surface area contributed by atoms with Crippen molar-refractivity contribution in [3.63, 3.8) is 0 Å². The van der Waals surface area contributed by atoms with E-state index in [0.717, 1.165) is 35.8 Å². The summed E-state index contributed by atoms with van der Waals surface area (Å²) in [6, 6.07) is 8.99. The topological polar surface area (TPSA) is 48.3 Å². The van der Waals surface area contributed by atoms with E-state index in [9.17, 15) is 5.26 Å². The summed E-state index contributed by atoms with van der Waals surface area (Å²) in [6.07, 6.45) is 2.59. The van der Waals surface area contributed by atoms with Gasteiger partial charge in [0.15, 0.2) is 0 Å². The van der Waals surface area contributed by atoms with Crippen LogP contribution in [-0.4, -0.2) is 33.4 Å². The quantitative estimate of drug-likeness (QED) is 0.798. The highest BCUT2D eigenvalue weighted by atomic mass is 16.5. The molecule has 0 saturated heterocycles. The molecule has 2 rings (SSSR count). The van der Waals surface area contributed by atoms with Gasteiger partial charge in [-0.15, -0.1) is 0 Å². The van der Waals surface area contributed by atoms with Gasteiger partial charge in [0, 0.05) is 26.2 Å². The van der Waals surface area contributed by atoms with E-state index < -0.39 is 0 Å². The van der Waals surface area contributed by atoms with Crippen molar-refractivity contribution >= 4 is 5.69 Å². The lowest BCUT2D eigenvalue weighted by Gasteiger charge is -2.32. The van der Waals surface area contributed by atoms with Crippen molar-refractivity contribution in [3.05, 3.63) is 29.3 Å². The number of rotatable bonds is 8. The van der Waals surface area contributed by atoms with Gasteiger partial charge >= 0.3 is 0 Å². The zero-order valence-electron chi connectivity index (χ0n) is 13.2. The maximum Gasteiger partial charge on any atom is 0.101 e. The molecule has 114 valence electrons. The first-order valence-electron chi connectivity index (χ1n) is 7.64. The minimum absolute atomic E-state index is 0.461. The van der Waals surface area contributed by atoms with Crippen molar-refractivity contribution in [2.24, 2.45) is 5.92 Å². The van der Waals surface area contributed by atoms with Gasteiger partial charge in [-0.3, -0.25) is 0 Å². The Kier molecular flexibility index (Phi) is 5.60. The molecule has 1 fully saturated rings. The molecule has 1 aliphatic rings. The van der Waals surface area contributed by atoms with E-state index in [1.807, 2.05) is 13.1 Å². The van der Waals surface area contributed by atoms with Gasteiger partial charge in [-0.1, -0.05) is 6.07 Å². The summed E-state index contributed by atoms with van der Waals surface area (Å²) >= 11 is 0. The molecular weight excluding hydrogens is 262 g/mol. The molecule has 1 aliphatic carbocycles. The fourth-order valence-corrected chi connectivity index (χ4v) is 2.80. The van der Waals surface area contributed by atoms with Crippen molar-refractivity contribution in [3.8, 4) is 6.07 Å². The smallest absolute Gasteiger partial charge is 0.101 e. The largest absolute Gasteiger partial charge is 0.383 e. The van der Waals surface area contributed by atoms with E-state index in [-0.39, 0.29) is 0 Å². The van der Waals surface area contributed by atoms with Crippen LogP contribution in [0.5, 0.6) is 0 Å². The van der Waals surface area contributed by atoms with Crippen LogP contribution in [0.25, 0.3) is 0 Å². The number of ether oxygens (including phenoxy) is 1. The zero-order chi connectivity index (χ0) is 15.2. The van der Waals surface area contributed by atoms with E-state index in [0.29, 0.717) is 12.6 Å². The molecule has 0 aliphatic heterocycles. The molecule has 1 aromatic rings. The van der Waals surface area contributed by atoms with E-state index in [2.05, 4.69) is 35.3 Å². The molecule has 1 atom stereocenters. The molecule has 0 heterocycles. The van der Waals surface area contributed by atoms with Gasteiger partial charge in [0.2, 0.25) is 0 Å². The Morgan fingerprint density at radius 1 is 1.48 bits per heavy atom. The second kappa shape index (κ2) is 7.44. The molecule has 1 aromatic carbocycles. The van der Waals surface area contributed by atoms with Crippen molar-refractivity contribution < 1.29 is 4.74 Å². The monoisotopic (exact) mass is 287 g/mol. The Morgan fingerprint density at radius 3 is 2.81 bits per heavy atom. The molecule has 1 saturated carbocycles. The maximum atomic E-state index is 9.49. The summed E-state index contributed by atoms with van der Waals surface area (Å²) in [5.41, 5.74) is 2.93. The predicted molar refractivity (Wildman–Crippen MR) is 85.3 cm³/mol. The van der Waals surface area contributed by atoms with Gasteiger partial charge in [-0.2, -0.15) is 5.26 Å². The lowest BCUT2D eigenvalue weighted by molar-refractivity contribution is 0.202. The Hall–Kier alpha value is -1.57. The molecule has 1 N–H and O–H groups in total. The van der Waals surface area contributed by atoms with Gasteiger partial charge in [0.05, 0.1) is 17.9 Å². The minimum Gasteiger partial charge on any atom is -0.383 e. The zero-order valence-corrected chi connectivity index (χ0v) is 13.2. The first-order chi connectivity index (χ1) is 10.2. The average molecular weight is 287 g/mol. The Morgan fingerprint density at radius 2 is 2.24 bits per heavy atom. The summed E-state index contributed by atoms with van der Waals surface area (Å²) in [4.78, 5) is 2.34. The molecular formula is C17H25N3O. The third kappa shape index (κ3) is 3.96. The standard InChI is InChI=1S/C17H25N3O/c1-13(15-5-6-15)20(8-9-21-3)17-7-4-14(12-19-2)10-16(17)11-18/h4,7,10,13,15,19H,5-6,8-9,12H2,1-3H3. The maximum absolute atomic E-state index is 9.49. The van der Waals surface area contributed by atoms with Crippen LogP contribution in [0.3, 0.4) is 0 Å². The molecule has 0 bridgehead atoms. The van der Waals surface area contributed by atoms with Crippen LogP contribution in [0.2, 0.25) is 0 Å². The first-order valence-corrected chi connectivity index (χ1v) is 7.64. The van der Waals surface area contributed by atoms with Crippen molar-refractivity contribution in [2.75, 3.05) is 32.2 Å². The van der Waals surface area contributed by atoms with Crippen LogP contribution in [0, 0.1) is 17.2 Å². The van der Waals surface area contributed by atoms with Gasteiger partial charge in [-0.25, -0.2) is 0 Å². The number of anilines is 1. The predicted octanol–water partition coefficient (Wildman–Crippen LogP) is 2.53. The molecule has 0 radical (unpaired) electrons. The Balaban J connectivity index is 2.27. The molecule has 4 nitrogen and oxygen atoms in total. The van der Waals surface area contributed by atoms with Crippen LogP contribution in [-0.2, 0) is 11.3 Å². The fourth-order valence-electron chi connectivity index (χ4n) is 2.80. The highest BCUT2D eigenvalue weighted by Gasteiger charge is 2.32. The number of nitriles is 1. The second-order valence-corrected chi connectivity index (χ2v) is 5.76. The van der Waals surface area contributed by atoms with Crippen molar-refractivity contribution in [1.29, 1.82) is 5.26 Å². The normalized spacial score (nSPS) is 15.5. The number of nitrogens with zero attached hydrogens (tertiary/aromatic N) is 2. The van der Waals surface area contributed by atoms with E-state index in [1.165, 1.54) is 12.8 Å². The van der Waals surface area contributed by atoms with Crippen LogP contribution in [0.1, 0.15) is 30.9 Å². The number of benzene rings is 1. The van der Waals surface area contributed by atoms with Crippen LogP contribution in [0.15, 0.2) is 18.2 Å². The SMILES string of the molecule is CNCc1ccc(N(CCOC)C(C)C2CC2)c(C#N)c1. The Labute approximate surface area is 127 Å². The molecule has 0 spiro atoms. The van der Waals surface area contributed by atoms with E-state index >= 15 is 0 Å². The number of hydrogen-bond donors (Lipinski definition) is 1. The van der Waals surface area contributed by atoms with Crippen LogP contribution in [0.4, 0.5) is 5.69 Å². The first kappa shape index (κ1) is 15.8. The summed E-state index contributed by atoms with van der Waals surface area (Å²) < 4.78 is 5.25. The molecule has 4 heteroatoms. The highest BCUT2D eigenvalue weighted by Crippen LogP contribution is 2.37. The Bertz CT molecular complexity index is 505. The van der Waals surface area contributed by atoms with Gasteiger partial charge in [-0.05, 0) is 50.4 Å². The molecule has 0 amide bonds. The molecule has 21 heavy (non-hydrogen) atoms. The molecule has 0 aromatic heterocycles. The number of methoxy groups -OCH3 is 1. The minimum atomic E-state index is 0.461. The highest BCUT2D eigenvalue weighted by molar-refractivity contribution is 5.61. The van der Waals surface area contributed by atoms with E-state index in [4.69, 9.17) is 4.74 Å². The summed E-state index contributed by atoms with van der Waals surface area (Å²) in [6.45, 7) is 4.55. The number of nitrogens with one attached hydrogen (secondary N) is 1.